The lowest BCUT2D eigenvalue weighted by Gasteiger charge is -2.19. The van der Waals surface area contributed by atoms with E-state index in [1.54, 1.807) is 0 Å². The lowest BCUT2D eigenvalue weighted by molar-refractivity contribution is 0.269. The molecule has 0 fully saturated rings. The van der Waals surface area contributed by atoms with Gasteiger partial charge in [0, 0.05) is 13.1 Å². The van der Waals surface area contributed by atoms with Crippen LogP contribution in [0.2, 0.25) is 0 Å². The van der Waals surface area contributed by atoms with Crippen LogP contribution in [0.1, 0.15) is 38.2 Å². The van der Waals surface area contributed by atoms with E-state index >= 15 is 0 Å². The first-order valence-corrected chi connectivity index (χ1v) is 6.88. The third kappa shape index (κ3) is 3.74. The molecule has 1 aromatic carbocycles. The first kappa shape index (κ1) is 12.4. The Morgan fingerprint density at radius 3 is 2.94 bits per heavy atom. The van der Waals surface area contributed by atoms with Crippen LogP contribution in [0, 0.1) is 0 Å². The number of fused-ring (bicyclic) bond motifs is 1. The van der Waals surface area contributed by atoms with Crippen molar-refractivity contribution in [3.05, 3.63) is 29.8 Å². The summed E-state index contributed by atoms with van der Waals surface area (Å²) < 4.78 is 0. The molecule has 2 nitrogen and oxygen atoms in total. The highest BCUT2D eigenvalue weighted by Gasteiger charge is 2.13. The molecule has 1 aromatic rings. The predicted octanol–water partition coefficient (Wildman–Crippen LogP) is 3.32. The lowest BCUT2D eigenvalue weighted by atomic mass is 10.1. The fourth-order valence-corrected chi connectivity index (χ4v) is 2.38. The molecule has 0 spiro atoms. The van der Waals surface area contributed by atoms with Crippen LogP contribution >= 0.6 is 0 Å². The van der Waals surface area contributed by atoms with E-state index in [1.807, 2.05) is 0 Å². The molecule has 0 saturated carbocycles. The average Bonchev–Trinajstić information content (AvgIpc) is 2.56. The Hall–Kier alpha value is -1.02. The summed E-state index contributed by atoms with van der Waals surface area (Å²) in [6.45, 7) is 6.63. The highest BCUT2D eigenvalue weighted by atomic mass is 15.1. The molecule has 1 aliphatic rings. The van der Waals surface area contributed by atoms with E-state index < -0.39 is 0 Å². The first-order valence-electron chi connectivity index (χ1n) is 6.88. The van der Waals surface area contributed by atoms with E-state index in [0.29, 0.717) is 0 Å². The zero-order chi connectivity index (χ0) is 11.9. The van der Waals surface area contributed by atoms with Crippen molar-refractivity contribution in [3.8, 4) is 0 Å². The minimum atomic E-state index is 0.949. The van der Waals surface area contributed by atoms with Crippen LogP contribution in [-0.4, -0.2) is 24.5 Å². The molecule has 1 radical (unpaired) electrons. The van der Waals surface area contributed by atoms with Gasteiger partial charge in [-0.05, 0) is 24.6 Å². The Kier molecular flexibility index (Phi) is 4.87. The Balaban J connectivity index is 1.85. The SMILES string of the molecule is CCCCCCN1CC[N]c2ccccc2C1. The van der Waals surface area contributed by atoms with Gasteiger partial charge in [-0.25, -0.2) is 0 Å². The number of benzene rings is 1. The fourth-order valence-electron chi connectivity index (χ4n) is 2.38. The molecule has 0 saturated heterocycles. The van der Waals surface area contributed by atoms with Crippen LogP contribution in [-0.2, 0) is 6.54 Å². The maximum absolute atomic E-state index is 4.64. The van der Waals surface area contributed by atoms with Crippen LogP contribution in [0.15, 0.2) is 24.3 Å². The number of hydrogen-bond acceptors (Lipinski definition) is 1. The lowest BCUT2D eigenvalue weighted by Crippen LogP contribution is -2.26. The van der Waals surface area contributed by atoms with E-state index in [9.17, 15) is 0 Å². The maximum atomic E-state index is 4.64. The van der Waals surface area contributed by atoms with Crippen molar-refractivity contribution in [2.75, 3.05) is 19.6 Å². The first-order chi connectivity index (χ1) is 8.40. The zero-order valence-corrected chi connectivity index (χ0v) is 10.9. The number of para-hydroxylation sites is 1. The topological polar surface area (TPSA) is 17.3 Å². The largest absolute Gasteiger partial charge is 0.297 e. The molecule has 0 aromatic heterocycles. The van der Waals surface area contributed by atoms with Crippen LogP contribution in [0.5, 0.6) is 0 Å². The molecule has 0 aliphatic carbocycles. The predicted molar refractivity (Wildman–Crippen MR) is 72.5 cm³/mol. The summed E-state index contributed by atoms with van der Waals surface area (Å²) in [6, 6.07) is 8.55. The van der Waals surface area contributed by atoms with Gasteiger partial charge in [0.1, 0.15) is 0 Å². The highest BCUT2D eigenvalue weighted by Crippen LogP contribution is 2.20. The molecule has 0 amide bonds. The smallest absolute Gasteiger partial charge is 0.0619 e. The standard InChI is InChI=1S/C15H23N2/c1-2-3-4-7-11-17-12-10-16-15-9-6-5-8-14(15)13-17/h5-6,8-9H,2-4,7,10-13H2,1H3. The summed E-state index contributed by atoms with van der Waals surface area (Å²) in [4.78, 5) is 2.55. The van der Waals surface area contributed by atoms with Crippen molar-refractivity contribution in [2.45, 2.75) is 39.2 Å². The van der Waals surface area contributed by atoms with E-state index in [4.69, 9.17) is 0 Å². The fraction of sp³-hybridized carbons (Fsp3) is 0.600. The molecular formula is C15H23N2. The van der Waals surface area contributed by atoms with Gasteiger partial charge in [-0.15, -0.1) is 0 Å². The van der Waals surface area contributed by atoms with Gasteiger partial charge in [-0.3, -0.25) is 10.2 Å². The monoisotopic (exact) mass is 231 g/mol. The highest BCUT2D eigenvalue weighted by molar-refractivity contribution is 5.45. The summed E-state index contributed by atoms with van der Waals surface area (Å²) >= 11 is 0. The van der Waals surface area contributed by atoms with Gasteiger partial charge in [0.05, 0.1) is 12.2 Å². The van der Waals surface area contributed by atoms with Crippen LogP contribution in [0.25, 0.3) is 0 Å². The molecule has 2 heteroatoms. The molecule has 1 aliphatic heterocycles. The molecule has 93 valence electrons. The molecular weight excluding hydrogens is 208 g/mol. The quantitative estimate of drug-likeness (QED) is 0.711. The van der Waals surface area contributed by atoms with Gasteiger partial charge in [0.25, 0.3) is 0 Å². The number of hydrogen-bond donors (Lipinski definition) is 0. The normalized spacial score (nSPS) is 16.1. The van der Waals surface area contributed by atoms with E-state index in [-0.39, 0.29) is 0 Å². The summed E-state index contributed by atoms with van der Waals surface area (Å²) in [5.74, 6) is 0. The van der Waals surface area contributed by atoms with E-state index in [2.05, 4.69) is 41.4 Å². The van der Waals surface area contributed by atoms with E-state index in [1.165, 1.54) is 43.5 Å². The van der Waals surface area contributed by atoms with Gasteiger partial charge in [0.15, 0.2) is 0 Å². The van der Waals surface area contributed by atoms with Crippen LogP contribution in [0.4, 0.5) is 5.69 Å². The summed E-state index contributed by atoms with van der Waals surface area (Å²) in [6.07, 6.45) is 5.38. The van der Waals surface area contributed by atoms with Crippen LogP contribution in [0.3, 0.4) is 0 Å². The zero-order valence-electron chi connectivity index (χ0n) is 10.9. The minimum Gasteiger partial charge on any atom is -0.297 e. The number of rotatable bonds is 5. The third-order valence-corrected chi connectivity index (χ3v) is 3.41. The molecule has 0 atom stereocenters. The summed E-state index contributed by atoms with van der Waals surface area (Å²) in [7, 11) is 0. The van der Waals surface area contributed by atoms with Crippen molar-refractivity contribution in [2.24, 2.45) is 0 Å². The van der Waals surface area contributed by atoms with E-state index in [0.717, 1.165) is 19.6 Å². The molecule has 0 unspecified atom stereocenters. The maximum Gasteiger partial charge on any atom is 0.0619 e. The van der Waals surface area contributed by atoms with Gasteiger partial charge in [-0.1, -0.05) is 44.4 Å². The van der Waals surface area contributed by atoms with Crippen molar-refractivity contribution in [3.63, 3.8) is 0 Å². The van der Waals surface area contributed by atoms with Gasteiger partial charge in [-0.2, -0.15) is 0 Å². The molecule has 17 heavy (non-hydrogen) atoms. The Bertz CT molecular complexity index is 335. The Morgan fingerprint density at radius 2 is 2.06 bits per heavy atom. The molecule has 1 heterocycles. The van der Waals surface area contributed by atoms with Gasteiger partial charge >= 0.3 is 0 Å². The molecule has 0 N–H and O–H groups in total. The van der Waals surface area contributed by atoms with Gasteiger partial charge < -0.3 is 0 Å². The second kappa shape index (κ2) is 6.65. The van der Waals surface area contributed by atoms with Crippen molar-refractivity contribution in [1.82, 2.24) is 10.2 Å². The third-order valence-electron chi connectivity index (χ3n) is 3.41. The Morgan fingerprint density at radius 1 is 1.18 bits per heavy atom. The Labute approximate surface area is 105 Å². The molecule has 2 rings (SSSR count). The van der Waals surface area contributed by atoms with Crippen molar-refractivity contribution in [1.29, 1.82) is 0 Å². The minimum absolute atomic E-state index is 0.949. The average molecular weight is 231 g/mol. The molecule has 0 bridgehead atoms. The number of nitrogens with zero attached hydrogens (tertiary/aromatic N) is 2. The second-order valence-electron chi connectivity index (χ2n) is 4.85. The summed E-state index contributed by atoms with van der Waals surface area (Å²) in [5, 5.41) is 4.64. The second-order valence-corrected chi connectivity index (χ2v) is 4.85. The van der Waals surface area contributed by atoms with Crippen LogP contribution < -0.4 is 5.32 Å². The van der Waals surface area contributed by atoms with Gasteiger partial charge in [0.2, 0.25) is 0 Å². The number of unbranched alkanes of at least 4 members (excludes halogenated alkanes) is 3. The summed E-state index contributed by atoms with van der Waals surface area (Å²) in [5.41, 5.74) is 2.59. The van der Waals surface area contributed by atoms with Crippen molar-refractivity contribution < 1.29 is 0 Å². The van der Waals surface area contributed by atoms with Crippen molar-refractivity contribution >= 4 is 5.69 Å².